The molecule has 5 nitrogen and oxygen atoms in total. The first kappa shape index (κ1) is 26.6. The second-order valence-corrected chi connectivity index (χ2v) is 12.1. The Bertz CT molecular complexity index is 2630. The molecular formula is C43H27N5. The van der Waals surface area contributed by atoms with E-state index in [-0.39, 0.29) is 0 Å². The van der Waals surface area contributed by atoms with Crippen molar-refractivity contribution in [1.29, 1.82) is 0 Å². The highest BCUT2D eigenvalue weighted by Gasteiger charge is 2.27. The molecule has 0 amide bonds. The van der Waals surface area contributed by atoms with Crippen molar-refractivity contribution in [3.63, 3.8) is 0 Å². The number of para-hydroxylation sites is 3. The number of anilines is 3. The normalized spacial score (nSPS) is 12.1. The summed E-state index contributed by atoms with van der Waals surface area (Å²) in [6, 6.07) is 55.7. The van der Waals surface area contributed by atoms with Gasteiger partial charge >= 0.3 is 0 Å². The molecule has 3 heterocycles. The van der Waals surface area contributed by atoms with Crippen molar-refractivity contribution in [2.75, 3.05) is 4.90 Å². The fourth-order valence-electron chi connectivity index (χ4n) is 7.41. The van der Waals surface area contributed by atoms with Gasteiger partial charge in [0.15, 0.2) is 5.82 Å². The van der Waals surface area contributed by atoms with Gasteiger partial charge in [0.05, 0.1) is 22.4 Å². The first-order valence-electron chi connectivity index (χ1n) is 16.1. The number of fused-ring (bicyclic) bond motifs is 10. The molecule has 1 aliphatic heterocycles. The third-order valence-electron chi connectivity index (χ3n) is 9.48. The molecule has 0 unspecified atom stereocenters. The van der Waals surface area contributed by atoms with Crippen LogP contribution < -0.4 is 4.90 Å². The van der Waals surface area contributed by atoms with Crippen LogP contribution in [0.1, 0.15) is 0 Å². The lowest BCUT2D eigenvalue weighted by atomic mass is 9.95. The minimum atomic E-state index is 0.574. The fraction of sp³-hybridized carbons (Fsp3) is 0. The van der Waals surface area contributed by atoms with E-state index in [1.807, 2.05) is 0 Å². The van der Waals surface area contributed by atoms with Gasteiger partial charge in [0, 0.05) is 33.2 Å². The summed E-state index contributed by atoms with van der Waals surface area (Å²) < 4.78 is 2.35. The van der Waals surface area contributed by atoms with Crippen LogP contribution in [0, 0.1) is 0 Å². The summed E-state index contributed by atoms with van der Waals surface area (Å²) in [5, 5.41) is 4.81. The van der Waals surface area contributed by atoms with E-state index in [1.165, 1.54) is 32.8 Å². The number of nitrogens with zero attached hydrogens (tertiary/aromatic N) is 5. The molecule has 0 aliphatic carbocycles. The molecule has 10 rings (SSSR count). The van der Waals surface area contributed by atoms with Crippen molar-refractivity contribution in [2.45, 2.75) is 0 Å². The van der Waals surface area contributed by atoms with E-state index in [0.29, 0.717) is 11.8 Å². The summed E-state index contributed by atoms with van der Waals surface area (Å²) in [4.78, 5) is 16.9. The van der Waals surface area contributed by atoms with Crippen LogP contribution in [-0.4, -0.2) is 19.5 Å². The molecule has 0 spiro atoms. The van der Waals surface area contributed by atoms with Gasteiger partial charge in [-0.25, -0.2) is 9.97 Å². The van der Waals surface area contributed by atoms with Gasteiger partial charge in [-0.05, 0) is 70.4 Å². The van der Waals surface area contributed by atoms with Crippen molar-refractivity contribution in [1.82, 2.24) is 19.5 Å². The van der Waals surface area contributed by atoms with Crippen LogP contribution in [0.5, 0.6) is 0 Å². The summed E-state index contributed by atoms with van der Waals surface area (Å²) in [6.07, 6.45) is 1.63. The van der Waals surface area contributed by atoms with Crippen LogP contribution in [0.15, 0.2) is 164 Å². The molecule has 1 aliphatic rings. The van der Waals surface area contributed by atoms with Crippen LogP contribution in [-0.2, 0) is 0 Å². The van der Waals surface area contributed by atoms with Crippen LogP contribution >= 0.6 is 0 Å². The Morgan fingerprint density at radius 3 is 1.83 bits per heavy atom. The van der Waals surface area contributed by atoms with Gasteiger partial charge in [0.1, 0.15) is 6.33 Å². The molecule has 9 aromatic rings. The van der Waals surface area contributed by atoms with Crippen molar-refractivity contribution in [3.05, 3.63) is 164 Å². The van der Waals surface area contributed by atoms with Gasteiger partial charge < -0.3 is 4.57 Å². The van der Waals surface area contributed by atoms with Gasteiger partial charge in [0.2, 0.25) is 5.95 Å². The fourth-order valence-corrected chi connectivity index (χ4v) is 7.41. The molecule has 7 aromatic carbocycles. The van der Waals surface area contributed by atoms with Crippen LogP contribution in [0.4, 0.5) is 17.3 Å². The van der Waals surface area contributed by atoms with Gasteiger partial charge in [-0.1, -0.05) is 109 Å². The van der Waals surface area contributed by atoms with E-state index in [9.17, 15) is 0 Å². The minimum absolute atomic E-state index is 0.574. The molecule has 0 bridgehead atoms. The Kier molecular flexibility index (Phi) is 5.81. The molecular weight excluding hydrogens is 587 g/mol. The Morgan fingerprint density at radius 1 is 0.458 bits per heavy atom. The maximum Gasteiger partial charge on any atom is 0.238 e. The summed E-state index contributed by atoms with van der Waals surface area (Å²) in [5.41, 5.74) is 11.1. The zero-order valence-corrected chi connectivity index (χ0v) is 25.8. The van der Waals surface area contributed by atoms with E-state index >= 15 is 0 Å². The summed E-state index contributed by atoms with van der Waals surface area (Å²) in [5.74, 6) is 1.20. The minimum Gasteiger partial charge on any atom is -0.309 e. The molecule has 0 saturated carbocycles. The number of aromatic nitrogens is 4. The highest BCUT2D eigenvalue weighted by Crippen LogP contribution is 2.49. The lowest BCUT2D eigenvalue weighted by Crippen LogP contribution is -2.14. The molecule has 0 saturated heterocycles. The van der Waals surface area contributed by atoms with Gasteiger partial charge in [-0.3, -0.25) is 4.90 Å². The molecule has 0 atom stereocenters. The van der Waals surface area contributed by atoms with E-state index in [0.717, 1.165) is 44.7 Å². The molecule has 224 valence electrons. The number of rotatable bonds is 3. The van der Waals surface area contributed by atoms with E-state index < -0.39 is 0 Å². The van der Waals surface area contributed by atoms with Gasteiger partial charge in [0.25, 0.3) is 0 Å². The third kappa shape index (κ3) is 3.94. The largest absolute Gasteiger partial charge is 0.309 e. The summed E-state index contributed by atoms with van der Waals surface area (Å²) in [6.45, 7) is 0. The monoisotopic (exact) mass is 613 g/mol. The van der Waals surface area contributed by atoms with E-state index in [4.69, 9.17) is 15.0 Å². The lowest BCUT2D eigenvalue weighted by molar-refractivity contribution is 1.02. The van der Waals surface area contributed by atoms with Crippen molar-refractivity contribution >= 4 is 49.9 Å². The van der Waals surface area contributed by atoms with Crippen molar-refractivity contribution in [2.24, 2.45) is 0 Å². The first-order chi connectivity index (χ1) is 23.8. The summed E-state index contributed by atoms with van der Waals surface area (Å²) >= 11 is 0. The molecule has 0 radical (unpaired) electrons. The SMILES string of the molecule is c1ccc(-n2c3ccc(-c4ncnc(N5c6ccccc6-c6ccccc6-c6ccccc65)n4)cc3c3c4ccccc4ccc32)cc1. The maximum absolute atomic E-state index is 5.18. The number of hydrogen-bond donors (Lipinski definition) is 0. The predicted octanol–water partition coefficient (Wildman–Crippen LogP) is 10.9. The Hall–Kier alpha value is -6.59. The Balaban J connectivity index is 1.20. The summed E-state index contributed by atoms with van der Waals surface area (Å²) in [7, 11) is 0. The van der Waals surface area contributed by atoms with Gasteiger partial charge in [-0.15, -0.1) is 0 Å². The zero-order chi connectivity index (χ0) is 31.6. The predicted molar refractivity (Wildman–Crippen MR) is 196 cm³/mol. The smallest absolute Gasteiger partial charge is 0.238 e. The molecule has 48 heavy (non-hydrogen) atoms. The molecule has 2 aromatic heterocycles. The first-order valence-corrected chi connectivity index (χ1v) is 16.1. The topological polar surface area (TPSA) is 46.8 Å². The lowest BCUT2D eigenvalue weighted by Gasteiger charge is -2.25. The average molecular weight is 614 g/mol. The quantitative estimate of drug-likeness (QED) is 0.199. The Morgan fingerprint density at radius 2 is 1.08 bits per heavy atom. The molecule has 5 heteroatoms. The van der Waals surface area contributed by atoms with Gasteiger partial charge in [-0.2, -0.15) is 4.98 Å². The van der Waals surface area contributed by atoms with E-state index in [1.54, 1.807) is 6.33 Å². The molecule has 0 fully saturated rings. The molecule has 0 N–H and O–H groups in total. The van der Waals surface area contributed by atoms with Crippen LogP contribution in [0.25, 0.3) is 71.9 Å². The zero-order valence-electron chi connectivity index (χ0n) is 25.8. The Labute approximate surface area is 277 Å². The third-order valence-corrected chi connectivity index (χ3v) is 9.48. The van der Waals surface area contributed by atoms with Crippen molar-refractivity contribution < 1.29 is 0 Å². The highest BCUT2D eigenvalue weighted by molar-refractivity contribution is 6.21. The van der Waals surface area contributed by atoms with Crippen LogP contribution in [0.3, 0.4) is 0 Å². The standard InChI is InChI=1S/C43H27N5/c1-2-13-30(14-3-1)47-39-24-23-29(26-36(39)41-31-15-5-4-12-28(31)22-25-40(41)47)42-44-27-45-43(46-42)48-37-20-10-8-18-34(37)32-16-6-7-17-33(32)35-19-9-11-21-38(35)48/h1-27H. The number of benzene rings is 7. The second kappa shape index (κ2) is 10.5. The number of hydrogen-bond acceptors (Lipinski definition) is 4. The van der Waals surface area contributed by atoms with Crippen molar-refractivity contribution in [3.8, 4) is 39.3 Å². The van der Waals surface area contributed by atoms with Crippen LogP contribution in [0.2, 0.25) is 0 Å². The average Bonchev–Trinajstić information content (AvgIpc) is 3.44. The maximum atomic E-state index is 5.18. The van der Waals surface area contributed by atoms with E-state index in [2.05, 4.69) is 167 Å². The highest BCUT2D eigenvalue weighted by atomic mass is 15.3. The second-order valence-electron chi connectivity index (χ2n) is 12.1.